The molecule has 0 saturated heterocycles. The Kier molecular flexibility index (Phi) is 6.67. The number of hydrogen-bond donors (Lipinski definition) is 0. The summed E-state index contributed by atoms with van der Waals surface area (Å²) in [7, 11) is 0. The van der Waals surface area contributed by atoms with Crippen LogP contribution in [0.5, 0.6) is 0 Å². The average Bonchev–Trinajstić information content (AvgIpc) is 2.87. The fourth-order valence-electron chi connectivity index (χ4n) is 3.42. The van der Waals surface area contributed by atoms with Crippen LogP contribution in [0.4, 0.5) is 5.69 Å². The largest absolute Gasteiger partial charge is 0.289 e. The van der Waals surface area contributed by atoms with E-state index in [0.717, 1.165) is 16.7 Å². The number of nitro benzene ring substituents is 1. The quantitative estimate of drug-likeness (QED) is 0.102. The van der Waals surface area contributed by atoms with Crippen molar-refractivity contribution < 1.29 is 9.72 Å². The Hall–Kier alpha value is -4.57. The Bertz CT molecular complexity index is 1310. The molecule has 0 bridgehead atoms. The predicted octanol–water partition coefficient (Wildman–Crippen LogP) is 7.24. The Morgan fingerprint density at radius 2 is 1.24 bits per heavy atom. The summed E-state index contributed by atoms with van der Waals surface area (Å²) in [6, 6.07) is 33.4. The van der Waals surface area contributed by atoms with E-state index < -0.39 is 4.92 Å². The van der Waals surface area contributed by atoms with Crippen molar-refractivity contribution in [2.45, 2.75) is 0 Å². The minimum absolute atomic E-state index is 0.0105. The standard InChI is InChI=1S/C29H21NO3/c31-29(26-17-15-25(16-18-26)24-9-5-2-6-10-24)27(14-11-22-7-3-1-4-8-22)21-23-12-19-28(20-13-23)30(32)33/h1-21H/b14-11+,27-21?. The monoisotopic (exact) mass is 431 g/mol. The Morgan fingerprint density at radius 1 is 0.667 bits per heavy atom. The number of allylic oxidation sites excluding steroid dienone is 2. The highest BCUT2D eigenvalue weighted by Gasteiger charge is 2.12. The first kappa shape index (κ1) is 21.7. The van der Waals surface area contributed by atoms with Crippen LogP contribution in [0.2, 0.25) is 0 Å². The number of carbonyl (C=O) groups is 1. The van der Waals surface area contributed by atoms with Gasteiger partial charge in [0.2, 0.25) is 0 Å². The summed E-state index contributed by atoms with van der Waals surface area (Å²) >= 11 is 0. The van der Waals surface area contributed by atoms with Gasteiger partial charge in [-0.3, -0.25) is 14.9 Å². The molecule has 33 heavy (non-hydrogen) atoms. The molecule has 0 saturated carbocycles. The summed E-state index contributed by atoms with van der Waals surface area (Å²) in [5, 5.41) is 10.9. The smallest absolute Gasteiger partial charge is 0.269 e. The van der Waals surface area contributed by atoms with Crippen LogP contribution in [0.1, 0.15) is 21.5 Å². The molecule has 0 heterocycles. The van der Waals surface area contributed by atoms with Crippen molar-refractivity contribution >= 4 is 23.6 Å². The second-order valence-corrected chi connectivity index (χ2v) is 7.46. The van der Waals surface area contributed by atoms with Crippen LogP contribution in [0.3, 0.4) is 0 Å². The number of rotatable bonds is 7. The summed E-state index contributed by atoms with van der Waals surface area (Å²) < 4.78 is 0. The van der Waals surface area contributed by atoms with E-state index in [0.29, 0.717) is 16.7 Å². The molecule has 0 N–H and O–H groups in total. The predicted molar refractivity (Wildman–Crippen MR) is 133 cm³/mol. The number of carbonyl (C=O) groups excluding carboxylic acids is 1. The third-order valence-corrected chi connectivity index (χ3v) is 5.20. The first-order valence-corrected chi connectivity index (χ1v) is 10.5. The van der Waals surface area contributed by atoms with Gasteiger partial charge >= 0.3 is 0 Å². The zero-order valence-corrected chi connectivity index (χ0v) is 17.8. The lowest BCUT2D eigenvalue weighted by atomic mass is 9.97. The zero-order chi connectivity index (χ0) is 23.0. The average molecular weight is 431 g/mol. The zero-order valence-electron chi connectivity index (χ0n) is 17.8. The molecular weight excluding hydrogens is 410 g/mol. The van der Waals surface area contributed by atoms with Gasteiger partial charge in [-0.1, -0.05) is 97.1 Å². The van der Waals surface area contributed by atoms with Crippen LogP contribution in [-0.4, -0.2) is 10.7 Å². The van der Waals surface area contributed by atoms with E-state index in [-0.39, 0.29) is 11.5 Å². The fraction of sp³-hybridized carbons (Fsp3) is 0. The van der Waals surface area contributed by atoms with Crippen molar-refractivity contribution in [3.8, 4) is 11.1 Å². The van der Waals surface area contributed by atoms with Crippen LogP contribution in [0, 0.1) is 10.1 Å². The molecule has 0 unspecified atom stereocenters. The van der Waals surface area contributed by atoms with Gasteiger partial charge in [-0.25, -0.2) is 0 Å². The maximum atomic E-state index is 13.4. The Balaban J connectivity index is 1.66. The summed E-state index contributed by atoms with van der Waals surface area (Å²) in [5.74, 6) is -0.125. The maximum absolute atomic E-state index is 13.4. The van der Waals surface area contributed by atoms with Gasteiger partial charge in [0.15, 0.2) is 5.78 Å². The highest BCUT2D eigenvalue weighted by Crippen LogP contribution is 2.22. The van der Waals surface area contributed by atoms with Crippen molar-refractivity contribution in [1.82, 2.24) is 0 Å². The minimum Gasteiger partial charge on any atom is -0.289 e. The van der Waals surface area contributed by atoms with Crippen LogP contribution in [0.15, 0.2) is 121 Å². The number of nitrogens with zero attached hydrogens (tertiary/aromatic N) is 1. The van der Waals surface area contributed by atoms with E-state index in [9.17, 15) is 14.9 Å². The lowest BCUT2D eigenvalue weighted by Gasteiger charge is -2.06. The number of nitro groups is 1. The van der Waals surface area contributed by atoms with Crippen LogP contribution in [-0.2, 0) is 0 Å². The molecule has 4 aromatic carbocycles. The first-order valence-electron chi connectivity index (χ1n) is 10.5. The summed E-state index contributed by atoms with van der Waals surface area (Å²) in [4.78, 5) is 23.9. The van der Waals surface area contributed by atoms with E-state index >= 15 is 0 Å². The minimum atomic E-state index is -0.441. The number of ketones is 1. The van der Waals surface area contributed by atoms with Crippen molar-refractivity contribution in [3.05, 3.63) is 148 Å². The van der Waals surface area contributed by atoms with Gasteiger partial charge in [0.1, 0.15) is 0 Å². The molecule has 4 rings (SSSR count). The number of benzene rings is 4. The molecule has 0 aliphatic heterocycles. The third kappa shape index (κ3) is 5.57. The summed E-state index contributed by atoms with van der Waals surface area (Å²) in [6.45, 7) is 0. The van der Waals surface area contributed by atoms with E-state index in [4.69, 9.17) is 0 Å². The van der Waals surface area contributed by atoms with Gasteiger partial charge in [-0.15, -0.1) is 0 Å². The molecule has 0 amide bonds. The van der Waals surface area contributed by atoms with Gasteiger partial charge in [-0.05, 0) is 40.5 Å². The summed E-state index contributed by atoms with van der Waals surface area (Å²) in [5.41, 5.74) is 4.87. The molecule has 0 atom stereocenters. The molecule has 4 heteroatoms. The number of Topliss-reactive ketones (excluding diaryl/α,β-unsaturated/α-hetero) is 1. The van der Waals surface area contributed by atoms with Gasteiger partial charge in [0.05, 0.1) is 4.92 Å². The first-order chi connectivity index (χ1) is 16.1. The SMILES string of the molecule is O=C(C(=Cc1ccc([N+](=O)[O-])cc1)/C=C/c1ccccc1)c1ccc(-c2ccccc2)cc1. The normalized spacial score (nSPS) is 11.5. The van der Waals surface area contributed by atoms with Crippen LogP contribution >= 0.6 is 0 Å². The van der Waals surface area contributed by atoms with Crippen molar-refractivity contribution in [2.24, 2.45) is 0 Å². The molecule has 0 spiro atoms. The maximum Gasteiger partial charge on any atom is 0.269 e. The molecule has 0 fully saturated rings. The summed E-state index contributed by atoms with van der Waals surface area (Å²) in [6.07, 6.45) is 5.41. The second kappa shape index (κ2) is 10.2. The Morgan fingerprint density at radius 3 is 1.85 bits per heavy atom. The molecule has 0 aromatic heterocycles. The highest BCUT2D eigenvalue weighted by molar-refractivity contribution is 6.14. The van der Waals surface area contributed by atoms with Gasteiger partial charge < -0.3 is 0 Å². The lowest BCUT2D eigenvalue weighted by molar-refractivity contribution is -0.384. The van der Waals surface area contributed by atoms with Gasteiger partial charge in [-0.2, -0.15) is 0 Å². The lowest BCUT2D eigenvalue weighted by Crippen LogP contribution is -2.01. The van der Waals surface area contributed by atoms with E-state index in [1.165, 1.54) is 12.1 Å². The fourth-order valence-corrected chi connectivity index (χ4v) is 3.42. The third-order valence-electron chi connectivity index (χ3n) is 5.20. The van der Waals surface area contributed by atoms with Crippen LogP contribution in [0.25, 0.3) is 23.3 Å². The van der Waals surface area contributed by atoms with Crippen molar-refractivity contribution in [3.63, 3.8) is 0 Å². The van der Waals surface area contributed by atoms with E-state index in [1.54, 1.807) is 24.3 Å². The van der Waals surface area contributed by atoms with Crippen molar-refractivity contribution in [2.75, 3.05) is 0 Å². The molecule has 4 nitrogen and oxygen atoms in total. The van der Waals surface area contributed by atoms with E-state index in [2.05, 4.69) is 0 Å². The van der Waals surface area contributed by atoms with E-state index in [1.807, 2.05) is 91.0 Å². The molecule has 160 valence electrons. The number of hydrogen-bond acceptors (Lipinski definition) is 3. The van der Waals surface area contributed by atoms with Gasteiger partial charge in [0.25, 0.3) is 5.69 Å². The topological polar surface area (TPSA) is 60.2 Å². The molecular formula is C29H21NO3. The van der Waals surface area contributed by atoms with Crippen molar-refractivity contribution in [1.29, 1.82) is 0 Å². The highest BCUT2D eigenvalue weighted by atomic mass is 16.6. The Labute approximate surface area is 192 Å². The molecule has 0 aliphatic carbocycles. The number of non-ortho nitro benzene ring substituents is 1. The molecule has 0 radical (unpaired) electrons. The molecule has 4 aromatic rings. The van der Waals surface area contributed by atoms with Gasteiger partial charge in [0, 0.05) is 23.3 Å². The molecule has 0 aliphatic rings. The van der Waals surface area contributed by atoms with Crippen LogP contribution < -0.4 is 0 Å². The second-order valence-electron chi connectivity index (χ2n) is 7.46.